The Labute approximate surface area is 126 Å². The molecule has 1 aromatic heterocycles. The Hall–Kier alpha value is -1.71. The lowest BCUT2D eigenvalue weighted by Gasteiger charge is -2.40. The quantitative estimate of drug-likeness (QED) is 0.936. The summed E-state index contributed by atoms with van der Waals surface area (Å²) in [4.78, 5) is 7.08. The van der Waals surface area contributed by atoms with Crippen LogP contribution in [0.15, 0.2) is 54.7 Å². The second-order valence-electron chi connectivity index (χ2n) is 5.96. The van der Waals surface area contributed by atoms with Crippen LogP contribution in [0.2, 0.25) is 0 Å². The molecule has 0 radical (unpaired) electrons. The van der Waals surface area contributed by atoms with Crippen LogP contribution < -0.4 is 5.73 Å². The van der Waals surface area contributed by atoms with Gasteiger partial charge in [0, 0.05) is 30.4 Å². The number of likely N-dealkylation sites (tertiary alicyclic amines) is 1. The van der Waals surface area contributed by atoms with Gasteiger partial charge in [0.1, 0.15) is 0 Å². The smallest absolute Gasteiger partial charge is 0.0478 e. The molecule has 2 N–H and O–H groups in total. The van der Waals surface area contributed by atoms with E-state index in [4.69, 9.17) is 5.73 Å². The maximum absolute atomic E-state index is 6.11. The minimum absolute atomic E-state index is 0.0639. The molecule has 0 aliphatic carbocycles. The van der Waals surface area contributed by atoms with Crippen LogP contribution >= 0.6 is 0 Å². The predicted octanol–water partition coefficient (Wildman–Crippen LogP) is 2.57. The third kappa shape index (κ3) is 3.14. The van der Waals surface area contributed by atoms with E-state index in [9.17, 15) is 0 Å². The van der Waals surface area contributed by atoms with Crippen molar-refractivity contribution >= 4 is 0 Å². The Morgan fingerprint density at radius 2 is 1.71 bits per heavy atom. The zero-order valence-electron chi connectivity index (χ0n) is 12.4. The Bertz CT molecular complexity index is 545. The van der Waals surface area contributed by atoms with Gasteiger partial charge < -0.3 is 5.73 Å². The fourth-order valence-corrected chi connectivity index (χ4v) is 3.22. The maximum atomic E-state index is 6.11. The summed E-state index contributed by atoms with van der Waals surface area (Å²) in [5.41, 5.74) is 8.72. The largest absolute Gasteiger partial charge is 0.330 e. The van der Waals surface area contributed by atoms with Gasteiger partial charge in [0.25, 0.3) is 0 Å². The SMILES string of the molecule is NCC1(c2ccccn2)CCN(Cc2ccccc2)CC1. The summed E-state index contributed by atoms with van der Waals surface area (Å²) in [5.74, 6) is 0. The minimum atomic E-state index is 0.0639. The van der Waals surface area contributed by atoms with Gasteiger partial charge in [-0.3, -0.25) is 9.88 Å². The van der Waals surface area contributed by atoms with Gasteiger partial charge in [0.15, 0.2) is 0 Å². The van der Waals surface area contributed by atoms with Crippen LogP contribution in [0, 0.1) is 0 Å². The molecule has 0 atom stereocenters. The maximum Gasteiger partial charge on any atom is 0.0478 e. The number of nitrogens with zero attached hydrogens (tertiary/aromatic N) is 2. The summed E-state index contributed by atoms with van der Waals surface area (Å²) in [6.07, 6.45) is 4.06. The van der Waals surface area contributed by atoms with Gasteiger partial charge in [-0.2, -0.15) is 0 Å². The summed E-state index contributed by atoms with van der Waals surface area (Å²) in [5, 5.41) is 0. The van der Waals surface area contributed by atoms with Crippen molar-refractivity contribution in [1.29, 1.82) is 0 Å². The van der Waals surface area contributed by atoms with Crippen molar-refractivity contribution in [3.05, 3.63) is 66.0 Å². The third-order valence-corrected chi connectivity index (χ3v) is 4.66. The molecular weight excluding hydrogens is 258 g/mol. The minimum Gasteiger partial charge on any atom is -0.330 e. The second-order valence-corrected chi connectivity index (χ2v) is 5.96. The molecule has 1 saturated heterocycles. The van der Waals surface area contributed by atoms with Crippen LogP contribution in [-0.2, 0) is 12.0 Å². The molecule has 0 spiro atoms. The molecule has 1 fully saturated rings. The third-order valence-electron chi connectivity index (χ3n) is 4.66. The predicted molar refractivity (Wildman–Crippen MR) is 85.9 cm³/mol. The molecule has 21 heavy (non-hydrogen) atoms. The number of nitrogens with two attached hydrogens (primary N) is 1. The van der Waals surface area contributed by atoms with Crippen LogP contribution in [0.5, 0.6) is 0 Å². The second kappa shape index (κ2) is 6.37. The summed E-state index contributed by atoms with van der Waals surface area (Å²) in [6.45, 7) is 3.89. The van der Waals surface area contributed by atoms with Gasteiger partial charge in [-0.1, -0.05) is 36.4 Å². The highest BCUT2D eigenvalue weighted by molar-refractivity contribution is 5.20. The van der Waals surface area contributed by atoms with Crippen LogP contribution in [0.4, 0.5) is 0 Å². The van der Waals surface area contributed by atoms with Crippen molar-refractivity contribution in [2.75, 3.05) is 19.6 Å². The first kappa shape index (κ1) is 14.2. The van der Waals surface area contributed by atoms with E-state index in [1.54, 1.807) is 0 Å². The molecule has 0 unspecified atom stereocenters. The molecule has 3 nitrogen and oxygen atoms in total. The summed E-state index contributed by atoms with van der Waals surface area (Å²) < 4.78 is 0. The normalized spacial score (nSPS) is 18.5. The van der Waals surface area contributed by atoms with Gasteiger partial charge in [-0.05, 0) is 43.6 Å². The summed E-state index contributed by atoms with van der Waals surface area (Å²) in [7, 11) is 0. The highest BCUT2D eigenvalue weighted by Crippen LogP contribution is 2.33. The monoisotopic (exact) mass is 281 g/mol. The van der Waals surface area contributed by atoms with Crippen LogP contribution in [-0.4, -0.2) is 29.5 Å². The average Bonchev–Trinajstić information content (AvgIpc) is 2.58. The van der Waals surface area contributed by atoms with Crippen molar-refractivity contribution in [3.8, 4) is 0 Å². The highest BCUT2D eigenvalue weighted by atomic mass is 15.1. The summed E-state index contributed by atoms with van der Waals surface area (Å²) >= 11 is 0. The number of hydrogen-bond donors (Lipinski definition) is 1. The van der Waals surface area contributed by atoms with Gasteiger partial charge >= 0.3 is 0 Å². The molecule has 3 rings (SSSR count). The van der Waals surface area contributed by atoms with E-state index in [-0.39, 0.29) is 5.41 Å². The summed E-state index contributed by atoms with van der Waals surface area (Å²) in [6, 6.07) is 16.8. The number of piperidine rings is 1. The van der Waals surface area contributed by atoms with E-state index in [2.05, 4.69) is 52.3 Å². The molecule has 0 bridgehead atoms. The van der Waals surface area contributed by atoms with Gasteiger partial charge in [0.2, 0.25) is 0 Å². The van der Waals surface area contributed by atoms with E-state index < -0.39 is 0 Å². The van der Waals surface area contributed by atoms with Crippen molar-refractivity contribution < 1.29 is 0 Å². The molecule has 110 valence electrons. The Morgan fingerprint density at radius 1 is 1.00 bits per heavy atom. The highest BCUT2D eigenvalue weighted by Gasteiger charge is 2.35. The zero-order valence-corrected chi connectivity index (χ0v) is 12.4. The molecule has 1 aliphatic rings. The lowest BCUT2D eigenvalue weighted by Crippen LogP contribution is -2.46. The number of pyridine rings is 1. The first-order valence-corrected chi connectivity index (χ1v) is 7.70. The molecular formula is C18H23N3. The molecule has 2 aromatic rings. The fraction of sp³-hybridized carbons (Fsp3) is 0.389. The standard InChI is InChI=1S/C18H23N3/c19-15-18(17-8-4-5-11-20-17)9-12-21(13-10-18)14-16-6-2-1-3-7-16/h1-8,11H,9-10,12-15,19H2. The number of aromatic nitrogens is 1. The van der Waals surface area contributed by atoms with Crippen molar-refractivity contribution in [2.24, 2.45) is 5.73 Å². The molecule has 2 heterocycles. The number of rotatable bonds is 4. The first-order chi connectivity index (χ1) is 10.3. The lowest BCUT2D eigenvalue weighted by molar-refractivity contribution is 0.153. The topological polar surface area (TPSA) is 42.1 Å². The molecule has 0 amide bonds. The van der Waals surface area contributed by atoms with Gasteiger partial charge in [-0.15, -0.1) is 0 Å². The van der Waals surface area contributed by atoms with Crippen LogP contribution in [0.1, 0.15) is 24.1 Å². The Morgan fingerprint density at radius 3 is 2.33 bits per heavy atom. The van der Waals surface area contributed by atoms with E-state index in [0.717, 1.165) is 38.2 Å². The van der Waals surface area contributed by atoms with Crippen molar-refractivity contribution in [2.45, 2.75) is 24.8 Å². The average molecular weight is 281 g/mol. The van der Waals surface area contributed by atoms with Crippen LogP contribution in [0.25, 0.3) is 0 Å². The van der Waals surface area contributed by atoms with Gasteiger partial charge in [0.05, 0.1) is 0 Å². The van der Waals surface area contributed by atoms with E-state index in [1.807, 2.05) is 12.3 Å². The first-order valence-electron chi connectivity index (χ1n) is 7.70. The molecule has 1 aliphatic heterocycles. The van der Waals surface area contributed by atoms with E-state index >= 15 is 0 Å². The Balaban J connectivity index is 1.66. The zero-order chi connectivity index (χ0) is 14.5. The fourth-order valence-electron chi connectivity index (χ4n) is 3.22. The Kier molecular flexibility index (Phi) is 4.32. The number of hydrogen-bond acceptors (Lipinski definition) is 3. The lowest BCUT2D eigenvalue weighted by atomic mass is 9.75. The number of benzene rings is 1. The van der Waals surface area contributed by atoms with Crippen molar-refractivity contribution in [3.63, 3.8) is 0 Å². The van der Waals surface area contributed by atoms with Crippen LogP contribution in [0.3, 0.4) is 0 Å². The molecule has 3 heteroatoms. The molecule has 0 saturated carbocycles. The van der Waals surface area contributed by atoms with Crippen molar-refractivity contribution in [1.82, 2.24) is 9.88 Å². The van der Waals surface area contributed by atoms with E-state index in [0.29, 0.717) is 6.54 Å². The molecule has 1 aromatic carbocycles. The van der Waals surface area contributed by atoms with Gasteiger partial charge in [-0.25, -0.2) is 0 Å². The van der Waals surface area contributed by atoms with E-state index in [1.165, 1.54) is 5.56 Å².